The van der Waals surface area contributed by atoms with E-state index < -0.39 is 0 Å². The van der Waals surface area contributed by atoms with Gasteiger partial charge < -0.3 is 0 Å². The molecule has 0 atom stereocenters. The van der Waals surface area contributed by atoms with Crippen molar-refractivity contribution in [3.63, 3.8) is 0 Å². The monoisotopic (exact) mass is 244 g/mol. The molecule has 2 heterocycles. The molecule has 0 aliphatic carbocycles. The molecule has 0 N–H and O–H groups in total. The Morgan fingerprint density at radius 2 is 2.18 bits per heavy atom. The van der Waals surface area contributed by atoms with Crippen molar-refractivity contribution < 1.29 is 0 Å². The Morgan fingerprint density at radius 1 is 1.29 bits per heavy atom. The minimum atomic E-state index is 0.849. The van der Waals surface area contributed by atoms with Crippen molar-refractivity contribution >= 4 is 28.4 Å². The van der Waals surface area contributed by atoms with Gasteiger partial charge in [0, 0.05) is 0 Å². The second kappa shape index (κ2) is 4.33. The average Bonchev–Trinajstić information content (AvgIpc) is 2.85. The highest BCUT2D eigenvalue weighted by atomic mass is 32.2. The van der Waals surface area contributed by atoms with Crippen LogP contribution in [0.1, 0.15) is 13.3 Å². The molecular weight excluding hydrogens is 232 g/mol. The highest BCUT2D eigenvalue weighted by Gasteiger charge is 2.09. The van der Waals surface area contributed by atoms with Gasteiger partial charge in [-0.1, -0.05) is 19.1 Å². The fourth-order valence-corrected chi connectivity index (χ4v) is 2.60. The number of fused-ring (bicyclic) bond motifs is 3. The molecule has 0 aliphatic heterocycles. The Labute approximate surface area is 103 Å². The Kier molecular flexibility index (Phi) is 2.68. The molecule has 3 rings (SSSR count). The summed E-state index contributed by atoms with van der Waals surface area (Å²) in [5, 5.41) is 9.09. The summed E-state index contributed by atoms with van der Waals surface area (Å²) in [4.78, 5) is 4.65. The van der Waals surface area contributed by atoms with Gasteiger partial charge in [-0.3, -0.25) is 4.40 Å². The van der Waals surface area contributed by atoms with E-state index in [0.717, 1.165) is 33.9 Å². The molecule has 4 nitrogen and oxygen atoms in total. The van der Waals surface area contributed by atoms with Gasteiger partial charge in [-0.05, 0) is 24.3 Å². The van der Waals surface area contributed by atoms with Crippen LogP contribution in [0.4, 0.5) is 0 Å². The summed E-state index contributed by atoms with van der Waals surface area (Å²) in [5.74, 6) is 1.05. The van der Waals surface area contributed by atoms with Gasteiger partial charge in [-0.15, -0.1) is 22.0 Å². The van der Waals surface area contributed by atoms with E-state index in [-0.39, 0.29) is 0 Å². The van der Waals surface area contributed by atoms with Crippen LogP contribution < -0.4 is 0 Å². The molecule has 3 aromatic rings. The lowest BCUT2D eigenvalue weighted by atomic mass is 10.3. The quantitative estimate of drug-likeness (QED) is 0.664. The summed E-state index contributed by atoms with van der Waals surface area (Å²) in [7, 11) is 0. The summed E-state index contributed by atoms with van der Waals surface area (Å²) in [5.41, 5.74) is 2.88. The first-order valence-electron chi connectivity index (χ1n) is 5.61. The molecule has 2 aromatic heterocycles. The first-order valence-corrected chi connectivity index (χ1v) is 6.60. The number of aromatic nitrogens is 4. The summed E-state index contributed by atoms with van der Waals surface area (Å²) in [6.07, 6.45) is 2.87. The summed E-state index contributed by atoms with van der Waals surface area (Å²) >= 11 is 1.73. The lowest BCUT2D eigenvalue weighted by Gasteiger charge is -2.05. The van der Waals surface area contributed by atoms with E-state index in [9.17, 15) is 0 Å². The second-order valence-electron chi connectivity index (χ2n) is 3.78. The molecule has 0 unspecified atom stereocenters. The van der Waals surface area contributed by atoms with Crippen molar-refractivity contribution in [3.05, 3.63) is 30.6 Å². The van der Waals surface area contributed by atoms with Crippen LogP contribution in [-0.4, -0.2) is 25.3 Å². The van der Waals surface area contributed by atoms with Crippen molar-refractivity contribution in [2.24, 2.45) is 0 Å². The van der Waals surface area contributed by atoms with E-state index in [1.165, 1.54) is 0 Å². The van der Waals surface area contributed by atoms with E-state index in [0.29, 0.717) is 0 Å². The minimum absolute atomic E-state index is 0.849. The number of benzene rings is 1. The highest BCUT2D eigenvalue weighted by Crippen LogP contribution is 2.24. The SMILES string of the molecule is CCCSc1nc2ccccc2n2cnnc12. The molecule has 0 aliphatic rings. The molecule has 0 spiro atoms. The normalized spacial score (nSPS) is 11.4. The standard InChI is InChI=1S/C12H12N4S/c1-2-7-17-12-11-15-13-8-16(11)10-6-4-3-5-9(10)14-12/h3-6,8H,2,7H2,1H3. The lowest BCUT2D eigenvalue weighted by molar-refractivity contribution is 1.06. The molecule has 0 saturated heterocycles. The topological polar surface area (TPSA) is 43.1 Å². The second-order valence-corrected chi connectivity index (χ2v) is 4.86. The fourth-order valence-electron chi connectivity index (χ4n) is 1.77. The van der Waals surface area contributed by atoms with Crippen molar-refractivity contribution in [2.75, 3.05) is 5.75 Å². The molecule has 0 saturated carbocycles. The zero-order valence-corrected chi connectivity index (χ0v) is 10.3. The third kappa shape index (κ3) is 1.76. The predicted molar refractivity (Wildman–Crippen MR) is 69.3 cm³/mol. The van der Waals surface area contributed by atoms with Gasteiger partial charge in [-0.2, -0.15) is 0 Å². The van der Waals surface area contributed by atoms with Crippen molar-refractivity contribution in [2.45, 2.75) is 18.4 Å². The maximum atomic E-state index is 4.65. The zero-order valence-electron chi connectivity index (χ0n) is 9.50. The first-order chi connectivity index (χ1) is 8.40. The Balaban J connectivity index is 2.28. The number of para-hydroxylation sites is 2. The van der Waals surface area contributed by atoms with Gasteiger partial charge in [0.25, 0.3) is 0 Å². The van der Waals surface area contributed by atoms with Gasteiger partial charge in [0.05, 0.1) is 11.0 Å². The lowest BCUT2D eigenvalue weighted by Crippen LogP contribution is -1.94. The highest BCUT2D eigenvalue weighted by molar-refractivity contribution is 7.99. The van der Waals surface area contributed by atoms with Gasteiger partial charge in [-0.25, -0.2) is 4.98 Å². The minimum Gasteiger partial charge on any atom is -0.278 e. The molecule has 0 radical (unpaired) electrons. The molecule has 1 aromatic carbocycles. The number of hydrogen-bond acceptors (Lipinski definition) is 4. The van der Waals surface area contributed by atoms with Crippen LogP contribution in [0.3, 0.4) is 0 Å². The molecule has 0 fully saturated rings. The van der Waals surface area contributed by atoms with Crippen LogP contribution in [0.25, 0.3) is 16.7 Å². The maximum Gasteiger partial charge on any atom is 0.193 e. The van der Waals surface area contributed by atoms with Crippen molar-refractivity contribution in [3.8, 4) is 0 Å². The smallest absolute Gasteiger partial charge is 0.193 e. The number of hydrogen-bond donors (Lipinski definition) is 0. The van der Waals surface area contributed by atoms with Crippen LogP contribution in [0.2, 0.25) is 0 Å². The van der Waals surface area contributed by atoms with Crippen LogP contribution in [0.15, 0.2) is 35.6 Å². The Hall–Kier alpha value is -1.62. The number of nitrogens with zero attached hydrogens (tertiary/aromatic N) is 4. The largest absolute Gasteiger partial charge is 0.278 e. The van der Waals surface area contributed by atoms with E-state index in [2.05, 4.69) is 22.1 Å². The average molecular weight is 244 g/mol. The first kappa shape index (κ1) is 10.5. The van der Waals surface area contributed by atoms with Crippen molar-refractivity contribution in [1.29, 1.82) is 0 Å². The molecule has 17 heavy (non-hydrogen) atoms. The van der Waals surface area contributed by atoms with Crippen LogP contribution in [-0.2, 0) is 0 Å². The molecule has 86 valence electrons. The Morgan fingerprint density at radius 3 is 3.06 bits per heavy atom. The van der Waals surface area contributed by atoms with Gasteiger partial charge in [0.15, 0.2) is 5.65 Å². The maximum absolute atomic E-state index is 4.65. The number of thioether (sulfide) groups is 1. The third-order valence-corrected chi connectivity index (χ3v) is 3.70. The molecule has 0 bridgehead atoms. The molecular formula is C12H12N4S. The van der Waals surface area contributed by atoms with Gasteiger partial charge in [0.2, 0.25) is 0 Å². The van der Waals surface area contributed by atoms with Crippen LogP contribution >= 0.6 is 11.8 Å². The zero-order chi connectivity index (χ0) is 11.7. The molecule has 0 amide bonds. The van der Waals surface area contributed by atoms with Crippen molar-refractivity contribution in [1.82, 2.24) is 19.6 Å². The summed E-state index contributed by atoms with van der Waals surface area (Å²) < 4.78 is 2.00. The summed E-state index contributed by atoms with van der Waals surface area (Å²) in [6, 6.07) is 8.06. The van der Waals surface area contributed by atoms with Crippen LogP contribution in [0, 0.1) is 0 Å². The van der Waals surface area contributed by atoms with Gasteiger partial charge >= 0.3 is 0 Å². The predicted octanol–water partition coefficient (Wildman–Crippen LogP) is 2.78. The van der Waals surface area contributed by atoms with E-state index in [4.69, 9.17) is 0 Å². The van der Waals surface area contributed by atoms with E-state index in [1.807, 2.05) is 28.7 Å². The third-order valence-electron chi connectivity index (χ3n) is 2.55. The van der Waals surface area contributed by atoms with E-state index >= 15 is 0 Å². The summed E-state index contributed by atoms with van der Waals surface area (Å²) in [6.45, 7) is 2.16. The fraction of sp³-hybridized carbons (Fsp3) is 0.250. The van der Waals surface area contributed by atoms with Crippen LogP contribution in [0.5, 0.6) is 0 Å². The Bertz CT molecular complexity index is 662. The number of rotatable bonds is 3. The van der Waals surface area contributed by atoms with E-state index in [1.54, 1.807) is 18.1 Å². The van der Waals surface area contributed by atoms with Gasteiger partial charge in [0.1, 0.15) is 11.4 Å². The molecule has 5 heteroatoms.